The van der Waals surface area contributed by atoms with Crippen LogP contribution in [-0.4, -0.2) is 15.0 Å². The molecule has 6 aromatic carbocycles. The molecule has 2 unspecified atom stereocenters. The Kier molecular flexibility index (Phi) is 7.10. The molecule has 2 heterocycles. The molecule has 2 atom stereocenters. The van der Waals surface area contributed by atoms with E-state index in [0.29, 0.717) is 11.7 Å². The number of para-hydroxylation sites is 1. The molecule has 0 aliphatic heterocycles. The van der Waals surface area contributed by atoms with E-state index in [-0.39, 0.29) is 5.41 Å². The standard InChI is InChI=1S/C54H37N3/c1-3-16-34(17-4-1)50-33-51(35-18-5-2-6-19-35)57-53(56-50)37-21-15-20-36(30-37)52-44-32-48-43(31-42(44)41-25-10-14-29-49(41)55-52)40-24-9-13-28-47(40)54(48)45-26-11-7-22-38(45)39-23-8-12-27-46(39)54/h1-7,9-22,24-27,29-33,47H,8,23,28H2. The van der Waals surface area contributed by atoms with Crippen LogP contribution < -0.4 is 0 Å². The summed E-state index contributed by atoms with van der Waals surface area (Å²) in [6, 6.07) is 54.5. The van der Waals surface area contributed by atoms with Crippen LogP contribution in [0, 0.1) is 5.92 Å². The molecular weight excluding hydrogens is 691 g/mol. The van der Waals surface area contributed by atoms with E-state index in [1.54, 1.807) is 0 Å². The predicted molar refractivity (Wildman–Crippen MR) is 234 cm³/mol. The van der Waals surface area contributed by atoms with Gasteiger partial charge in [-0.3, -0.25) is 0 Å². The number of nitrogens with zero attached hydrogens (tertiary/aromatic N) is 3. The quantitative estimate of drug-likeness (QED) is 0.169. The number of hydrogen-bond donors (Lipinski definition) is 0. The zero-order chi connectivity index (χ0) is 37.5. The summed E-state index contributed by atoms with van der Waals surface area (Å²) in [4.78, 5) is 15.9. The molecule has 0 bridgehead atoms. The highest BCUT2D eigenvalue weighted by molar-refractivity contribution is 6.13. The first kappa shape index (κ1) is 32.3. The highest BCUT2D eigenvalue weighted by atomic mass is 14.9. The molecule has 2 aromatic heterocycles. The minimum absolute atomic E-state index is 0.257. The van der Waals surface area contributed by atoms with Gasteiger partial charge in [0.2, 0.25) is 0 Å². The first-order chi connectivity index (χ1) is 28.3. The average Bonchev–Trinajstić information content (AvgIpc) is 3.75. The zero-order valence-corrected chi connectivity index (χ0v) is 31.4. The van der Waals surface area contributed by atoms with Crippen LogP contribution in [0.2, 0.25) is 0 Å². The van der Waals surface area contributed by atoms with E-state index in [0.717, 1.165) is 64.1 Å². The van der Waals surface area contributed by atoms with Gasteiger partial charge >= 0.3 is 0 Å². The first-order valence-electron chi connectivity index (χ1n) is 20.1. The van der Waals surface area contributed by atoms with E-state index in [1.165, 1.54) is 55.1 Å². The minimum atomic E-state index is -0.257. The summed E-state index contributed by atoms with van der Waals surface area (Å²) in [5, 5.41) is 3.58. The van der Waals surface area contributed by atoms with Gasteiger partial charge in [0.15, 0.2) is 5.82 Å². The third-order valence-corrected chi connectivity index (χ3v) is 12.8. The van der Waals surface area contributed by atoms with Gasteiger partial charge in [0, 0.05) is 38.9 Å². The number of benzene rings is 6. The topological polar surface area (TPSA) is 38.7 Å². The molecule has 268 valence electrons. The molecular formula is C54H37N3. The van der Waals surface area contributed by atoms with E-state index in [1.807, 2.05) is 12.1 Å². The number of hydrogen-bond acceptors (Lipinski definition) is 3. The lowest BCUT2D eigenvalue weighted by Crippen LogP contribution is -2.33. The Morgan fingerprint density at radius 1 is 0.526 bits per heavy atom. The summed E-state index contributed by atoms with van der Waals surface area (Å²) in [6.07, 6.45) is 15.1. The van der Waals surface area contributed by atoms with Gasteiger partial charge in [-0.15, -0.1) is 0 Å². The fraction of sp³-hybridized carbons (Fsp3) is 0.0926. The Bertz CT molecular complexity index is 3040. The Morgan fingerprint density at radius 3 is 2.07 bits per heavy atom. The molecule has 0 saturated heterocycles. The summed E-state index contributed by atoms with van der Waals surface area (Å²) in [5.41, 5.74) is 17.7. The summed E-state index contributed by atoms with van der Waals surface area (Å²) in [7, 11) is 0. The first-order valence-corrected chi connectivity index (χ1v) is 20.1. The van der Waals surface area contributed by atoms with Crippen LogP contribution in [0.15, 0.2) is 188 Å². The fourth-order valence-corrected chi connectivity index (χ4v) is 10.4. The van der Waals surface area contributed by atoms with Crippen molar-refractivity contribution < 1.29 is 0 Å². The molecule has 0 N–H and O–H groups in total. The van der Waals surface area contributed by atoms with Crippen molar-refractivity contribution in [1.82, 2.24) is 15.0 Å². The smallest absolute Gasteiger partial charge is 0.160 e. The third kappa shape index (κ3) is 4.75. The average molecular weight is 728 g/mol. The van der Waals surface area contributed by atoms with E-state index in [9.17, 15) is 0 Å². The van der Waals surface area contributed by atoms with Gasteiger partial charge in [-0.25, -0.2) is 15.0 Å². The van der Waals surface area contributed by atoms with Crippen molar-refractivity contribution in [2.45, 2.75) is 24.7 Å². The molecule has 1 spiro atoms. The minimum Gasteiger partial charge on any atom is -0.247 e. The van der Waals surface area contributed by atoms with E-state index < -0.39 is 0 Å². The molecule has 4 aliphatic rings. The van der Waals surface area contributed by atoms with Gasteiger partial charge in [0.05, 0.1) is 28.0 Å². The van der Waals surface area contributed by atoms with Crippen LogP contribution in [-0.2, 0) is 5.41 Å². The molecule has 0 radical (unpaired) electrons. The van der Waals surface area contributed by atoms with E-state index >= 15 is 0 Å². The van der Waals surface area contributed by atoms with Crippen molar-refractivity contribution in [2.24, 2.45) is 5.92 Å². The van der Waals surface area contributed by atoms with Crippen LogP contribution in [0.5, 0.6) is 0 Å². The van der Waals surface area contributed by atoms with Crippen molar-refractivity contribution in [3.8, 4) is 45.2 Å². The van der Waals surface area contributed by atoms with Crippen molar-refractivity contribution in [3.63, 3.8) is 0 Å². The second kappa shape index (κ2) is 12.5. The molecule has 3 nitrogen and oxygen atoms in total. The van der Waals surface area contributed by atoms with Gasteiger partial charge in [-0.1, -0.05) is 152 Å². The number of allylic oxidation sites excluding steroid dienone is 8. The highest BCUT2D eigenvalue weighted by Crippen LogP contribution is 2.66. The second-order valence-corrected chi connectivity index (χ2v) is 15.7. The zero-order valence-electron chi connectivity index (χ0n) is 31.4. The molecule has 0 amide bonds. The summed E-state index contributed by atoms with van der Waals surface area (Å²) >= 11 is 0. The maximum Gasteiger partial charge on any atom is 0.160 e. The molecule has 0 saturated carbocycles. The number of pyridine rings is 1. The second-order valence-electron chi connectivity index (χ2n) is 15.7. The van der Waals surface area contributed by atoms with E-state index in [4.69, 9.17) is 15.0 Å². The summed E-state index contributed by atoms with van der Waals surface area (Å²) < 4.78 is 0. The lowest BCUT2D eigenvalue weighted by Gasteiger charge is -2.37. The number of fused-ring (bicyclic) bond motifs is 12. The predicted octanol–water partition coefficient (Wildman–Crippen LogP) is 13.2. The van der Waals surface area contributed by atoms with Gasteiger partial charge in [0.1, 0.15) is 0 Å². The van der Waals surface area contributed by atoms with Crippen molar-refractivity contribution >= 4 is 32.8 Å². The number of aromatic nitrogens is 3. The maximum atomic E-state index is 5.50. The van der Waals surface area contributed by atoms with Crippen LogP contribution in [0.25, 0.3) is 78.0 Å². The molecule has 4 aliphatic carbocycles. The SMILES string of the molecule is C1=CCC2C(=C1)c1cc3c(cc1C21C2=C(CCC=C2)c2ccccc21)c(-c1cccc(-c2nc(-c4ccccc4)cc(-c4ccccc4)n2)c1)nc1ccccc13. The van der Waals surface area contributed by atoms with Crippen LogP contribution in [0.4, 0.5) is 0 Å². The lowest BCUT2D eigenvalue weighted by atomic mass is 9.64. The molecule has 8 aromatic rings. The molecule has 0 fully saturated rings. The van der Waals surface area contributed by atoms with Gasteiger partial charge in [-0.05, 0) is 94.0 Å². The molecule has 12 rings (SSSR count). The van der Waals surface area contributed by atoms with Gasteiger partial charge in [0.25, 0.3) is 0 Å². The summed E-state index contributed by atoms with van der Waals surface area (Å²) in [5.74, 6) is 1.01. The van der Waals surface area contributed by atoms with Crippen molar-refractivity contribution in [1.29, 1.82) is 0 Å². The van der Waals surface area contributed by atoms with Crippen molar-refractivity contribution in [3.05, 3.63) is 210 Å². The maximum absolute atomic E-state index is 5.50. The Balaban J connectivity index is 1.11. The van der Waals surface area contributed by atoms with Crippen molar-refractivity contribution in [2.75, 3.05) is 0 Å². The Labute approximate surface area is 332 Å². The monoisotopic (exact) mass is 727 g/mol. The fourth-order valence-electron chi connectivity index (χ4n) is 10.4. The van der Waals surface area contributed by atoms with Crippen LogP contribution >= 0.6 is 0 Å². The summed E-state index contributed by atoms with van der Waals surface area (Å²) in [6.45, 7) is 0. The largest absolute Gasteiger partial charge is 0.247 e. The van der Waals surface area contributed by atoms with Crippen LogP contribution in [0.3, 0.4) is 0 Å². The van der Waals surface area contributed by atoms with Gasteiger partial charge in [-0.2, -0.15) is 0 Å². The normalized spacial score (nSPS) is 18.8. The van der Waals surface area contributed by atoms with Crippen LogP contribution in [0.1, 0.15) is 41.5 Å². The Hall–Kier alpha value is -6.97. The Morgan fingerprint density at radius 2 is 1.25 bits per heavy atom. The number of rotatable bonds is 4. The third-order valence-electron chi connectivity index (χ3n) is 12.8. The lowest BCUT2D eigenvalue weighted by molar-refractivity contribution is 0.490. The van der Waals surface area contributed by atoms with E-state index in [2.05, 4.69) is 170 Å². The molecule has 57 heavy (non-hydrogen) atoms. The highest BCUT2D eigenvalue weighted by Gasteiger charge is 2.56. The molecule has 3 heteroatoms. The van der Waals surface area contributed by atoms with Gasteiger partial charge < -0.3 is 0 Å².